The van der Waals surface area contributed by atoms with Crippen LogP contribution in [-0.4, -0.2) is 47.6 Å². The largest absolute Gasteiger partial charge is 0.462 e. The standard InChI is InChI=1S/C38H70O6/c1-3-5-7-21-27-35(39)29-23-17-13-9-11-15-19-25-31-37(41)43-33-34-44-38(42)32-26-20-16-12-10-14-18-24-30-36(40)28-22-8-6-4-2/h17-18,23-24,35-36,39-40H,3-16,19-22,25-34H2,1-2H3/b23-17+,24-18+. The first-order chi connectivity index (χ1) is 21.5. The Labute approximate surface area is 271 Å². The molecule has 2 unspecified atom stereocenters. The molecule has 0 amide bonds. The Hall–Kier alpha value is -1.66. The Morgan fingerprint density at radius 2 is 0.864 bits per heavy atom. The molecule has 0 fully saturated rings. The molecule has 6 heteroatoms. The van der Waals surface area contributed by atoms with Crippen molar-refractivity contribution in [1.29, 1.82) is 0 Å². The minimum absolute atomic E-state index is 0.133. The third-order valence-corrected chi connectivity index (χ3v) is 8.04. The normalized spacial score (nSPS) is 13.1. The van der Waals surface area contributed by atoms with E-state index in [0.717, 1.165) is 116 Å². The van der Waals surface area contributed by atoms with E-state index in [1.54, 1.807) is 0 Å². The van der Waals surface area contributed by atoms with Gasteiger partial charge in [0.15, 0.2) is 0 Å². The van der Waals surface area contributed by atoms with Crippen LogP contribution in [0.25, 0.3) is 0 Å². The van der Waals surface area contributed by atoms with Crippen molar-refractivity contribution in [3.8, 4) is 0 Å². The number of carbonyl (C=O) groups excluding carboxylic acids is 2. The van der Waals surface area contributed by atoms with Crippen molar-refractivity contribution in [2.24, 2.45) is 0 Å². The summed E-state index contributed by atoms with van der Waals surface area (Å²) in [6, 6.07) is 0. The molecule has 0 aromatic heterocycles. The Balaban J connectivity index is 3.44. The van der Waals surface area contributed by atoms with E-state index < -0.39 is 0 Å². The van der Waals surface area contributed by atoms with Crippen molar-refractivity contribution in [3.05, 3.63) is 24.3 Å². The van der Waals surface area contributed by atoms with Crippen LogP contribution in [0, 0.1) is 0 Å². The number of rotatable bonds is 33. The molecule has 0 spiro atoms. The third-order valence-electron chi connectivity index (χ3n) is 8.04. The minimum Gasteiger partial charge on any atom is -0.462 e. The predicted molar refractivity (Wildman–Crippen MR) is 184 cm³/mol. The van der Waals surface area contributed by atoms with Crippen LogP contribution in [0.3, 0.4) is 0 Å². The zero-order chi connectivity index (χ0) is 32.4. The molecule has 2 N–H and O–H groups in total. The van der Waals surface area contributed by atoms with Gasteiger partial charge in [-0.1, -0.05) is 128 Å². The van der Waals surface area contributed by atoms with Gasteiger partial charge in [-0.05, 0) is 64.2 Å². The van der Waals surface area contributed by atoms with Crippen molar-refractivity contribution in [1.82, 2.24) is 0 Å². The van der Waals surface area contributed by atoms with Crippen molar-refractivity contribution < 1.29 is 29.3 Å². The monoisotopic (exact) mass is 623 g/mol. The summed E-state index contributed by atoms with van der Waals surface area (Å²) in [6.07, 6.45) is 34.7. The highest BCUT2D eigenvalue weighted by Gasteiger charge is 2.06. The lowest BCUT2D eigenvalue weighted by molar-refractivity contribution is -0.152. The number of aliphatic hydroxyl groups excluding tert-OH is 2. The lowest BCUT2D eigenvalue weighted by atomic mass is 10.1. The molecule has 0 rings (SSSR count). The highest BCUT2D eigenvalue weighted by Crippen LogP contribution is 2.12. The van der Waals surface area contributed by atoms with E-state index in [9.17, 15) is 19.8 Å². The SMILES string of the molecule is CCCCCCC(O)C/C=C/CCCCCCCC(=O)OCCOC(=O)CCCCCCC/C=C/CC(O)CCCCCC. The molecule has 0 aromatic rings. The summed E-state index contributed by atoms with van der Waals surface area (Å²) in [4.78, 5) is 23.8. The van der Waals surface area contributed by atoms with Gasteiger partial charge in [0.05, 0.1) is 12.2 Å². The van der Waals surface area contributed by atoms with Crippen LogP contribution in [0.5, 0.6) is 0 Å². The zero-order valence-electron chi connectivity index (χ0n) is 28.8. The summed E-state index contributed by atoms with van der Waals surface area (Å²) in [5.74, 6) is -0.434. The van der Waals surface area contributed by atoms with Crippen LogP contribution in [-0.2, 0) is 19.1 Å². The molecule has 0 aliphatic rings. The van der Waals surface area contributed by atoms with E-state index in [-0.39, 0.29) is 37.4 Å². The van der Waals surface area contributed by atoms with Gasteiger partial charge < -0.3 is 19.7 Å². The fraction of sp³-hybridized carbons (Fsp3) is 0.842. The number of allylic oxidation sites excluding steroid dienone is 2. The highest BCUT2D eigenvalue weighted by molar-refractivity contribution is 5.70. The van der Waals surface area contributed by atoms with Gasteiger partial charge in [0, 0.05) is 12.8 Å². The second-order valence-electron chi connectivity index (χ2n) is 12.5. The van der Waals surface area contributed by atoms with Crippen LogP contribution in [0.2, 0.25) is 0 Å². The summed E-state index contributed by atoms with van der Waals surface area (Å²) in [5.41, 5.74) is 0. The molecule has 0 bridgehead atoms. The predicted octanol–water partition coefficient (Wildman–Crippen LogP) is 10.1. The Bertz CT molecular complexity index is 631. The van der Waals surface area contributed by atoms with Gasteiger partial charge in [0.1, 0.15) is 13.2 Å². The number of hydrogen-bond donors (Lipinski definition) is 2. The molecule has 2 atom stereocenters. The van der Waals surface area contributed by atoms with Crippen molar-refractivity contribution in [2.45, 2.75) is 193 Å². The van der Waals surface area contributed by atoms with E-state index in [1.807, 2.05) is 0 Å². The molecule has 0 radical (unpaired) electrons. The van der Waals surface area contributed by atoms with Crippen molar-refractivity contribution in [2.75, 3.05) is 13.2 Å². The summed E-state index contributed by atoms with van der Waals surface area (Å²) < 4.78 is 10.4. The van der Waals surface area contributed by atoms with Gasteiger partial charge in [-0.25, -0.2) is 0 Å². The molecule has 0 aliphatic carbocycles. The Morgan fingerprint density at radius 1 is 0.500 bits per heavy atom. The maximum Gasteiger partial charge on any atom is 0.305 e. The lowest BCUT2D eigenvalue weighted by Crippen LogP contribution is -2.13. The van der Waals surface area contributed by atoms with Gasteiger partial charge in [-0.2, -0.15) is 0 Å². The van der Waals surface area contributed by atoms with Crippen LogP contribution >= 0.6 is 0 Å². The number of esters is 2. The molecule has 6 nitrogen and oxygen atoms in total. The second-order valence-corrected chi connectivity index (χ2v) is 12.5. The Kier molecular flexibility index (Phi) is 32.9. The van der Waals surface area contributed by atoms with Gasteiger partial charge in [-0.3, -0.25) is 9.59 Å². The van der Waals surface area contributed by atoms with Gasteiger partial charge in [-0.15, -0.1) is 0 Å². The van der Waals surface area contributed by atoms with E-state index in [4.69, 9.17) is 9.47 Å². The van der Waals surface area contributed by atoms with Crippen LogP contribution < -0.4 is 0 Å². The molecule has 0 saturated carbocycles. The van der Waals surface area contributed by atoms with Crippen LogP contribution in [0.4, 0.5) is 0 Å². The number of hydrogen-bond acceptors (Lipinski definition) is 6. The molecular formula is C38H70O6. The van der Waals surface area contributed by atoms with Crippen molar-refractivity contribution in [3.63, 3.8) is 0 Å². The summed E-state index contributed by atoms with van der Waals surface area (Å²) in [5, 5.41) is 20.0. The third kappa shape index (κ3) is 33.2. The molecule has 0 aromatic carbocycles. The first-order valence-corrected chi connectivity index (χ1v) is 18.5. The van der Waals surface area contributed by atoms with Crippen LogP contribution in [0.1, 0.15) is 181 Å². The van der Waals surface area contributed by atoms with E-state index >= 15 is 0 Å². The quantitative estimate of drug-likeness (QED) is 0.0430. The second kappa shape index (κ2) is 34.2. The fourth-order valence-corrected chi connectivity index (χ4v) is 5.17. The maximum atomic E-state index is 11.9. The number of unbranched alkanes of at least 4 members (excludes halogenated alkanes) is 16. The molecule has 258 valence electrons. The minimum atomic E-state index is -0.217. The topological polar surface area (TPSA) is 93.1 Å². The van der Waals surface area contributed by atoms with E-state index in [0.29, 0.717) is 12.8 Å². The number of carbonyl (C=O) groups is 2. The summed E-state index contributed by atoms with van der Waals surface area (Å²) >= 11 is 0. The fourth-order valence-electron chi connectivity index (χ4n) is 5.17. The maximum absolute atomic E-state index is 11.9. The highest BCUT2D eigenvalue weighted by atomic mass is 16.6. The molecule has 0 heterocycles. The smallest absolute Gasteiger partial charge is 0.305 e. The van der Waals surface area contributed by atoms with Crippen molar-refractivity contribution >= 4 is 11.9 Å². The zero-order valence-corrected chi connectivity index (χ0v) is 28.8. The van der Waals surface area contributed by atoms with Crippen LogP contribution in [0.15, 0.2) is 24.3 Å². The van der Waals surface area contributed by atoms with Gasteiger partial charge in [0.25, 0.3) is 0 Å². The average Bonchev–Trinajstić information content (AvgIpc) is 3.01. The first kappa shape index (κ1) is 42.3. The van der Waals surface area contributed by atoms with Gasteiger partial charge >= 0.3 is 11.9 Å². The molecule has 0 saturated heterocycles. The molecular weight excluding hydrogens is 552 g/mol. The number of ether oxygens (including phenoxy) is 2. The molecule has 0 aliphatic heterocycles. The van der Waals surface area contributed by atoms with E-state index in [1.165, 1.54) is 38.5 Å². The lowest BCUT2D eigenvalue weighted by Gasteiger charge is -2.07. The summed E-state index contributed by atoms with van der Waals surface area (Å²) in [7, 11) is 0. The number of aliphatic hydroxyl groups is 2. The first-order valence-electron chi connectivity index (χ1n) is 18.5. The average molecular weight is 623 g/mol. The van der Waals surface area contributed by atoms with E-state index in [2.05, 4.69) is 38.2 Å². The summed E-state index contributed by atoms with van der Waals surface area (Å²) in [6.45, 7) is 4.67. The molecule has 44 heavy (non-hydrogen) atoms. The van der Waals surface area contributed by atoms with Gasteiger partial charge in [0.2, 0.25) is 0 Å². The Morgan fingerprint density at radius 3 is 1.27 bits per heavy atom.